The largest absolute Gasteiger partial charge is 0.471 e. The first-order chi connectivity index (χ1) is 16.5. The van der Waals surface area contributed by atoms with Gasteiger partial charge in [0.1, 0.15) is 6.54 Å². The van der Waals surface area contributed by atoms with E-state index in [1.165, 1.54) is 31.2 Å². The highest BCUT2D eigenvalue weighted by atomic mass is 79.9. The van der Waals surface area contributed by atoms with Crippen molar-refractivity contribution in [3.05, 3.63) is 56.5 Å². The SMILES string of the molecule is CCOC(=O)CN(C(=O)C(F)(F)F)C(Sc1ccc(Br)c(C)c1)(Sc1ccc(Br)c(C)c1)P(=O)(O)O. The fourth-order valence-electron chi connectivity index (χ4n) is 2.86. The number of carbonyl (C=O) groups is 2. The molecule has 1 amide bonds. The highest BCUT2D eigenvalue weighted by molar-refractivity contribution is 9.10. The van der Waals surface area contributed by atoms with Crippen molar-refractivity contribution in [3.8, 4) is 0 Å². The van der Waals surface area contributed by atoms with Crippen LogP contribution in [0.3, 0.4) is 0 Å². The number of aryl methyl sites for hydroxylation is 2. The predicted octanol–water partition coefficient (Wildman–Crippen LogP) is 6.46. The highest BCUT2D eigenvalue weighted by Crippen LogP contribution is 2.68. The number of thioether (sulfide) groups is 2. The number of hydrogen-bond donors (Lipinski definition) is 2. The molecule has 0 atom stereocenters. The van der Waals surface area contributed by atoms with E-state index in [0.29, 0.717) is 43.6 Å². The van der Waals surface area contributed by atoms with Gasteiger partial charge in [0.15, 0.2) is 0 Å². The summed E-state index contributed by atoms with van der Waals surface area (Å²) < 4.78 is 57.4. The Kier molecular flexibility index (Phi) is 10.6. The molecule has 0 aliphatic heterocycles. The van der Waals surface area contributed by atoms with Crippen molar-refractivity contribution in [3.63, 3.8) is 0 Å². The van der Waals surface area contributed by atoms with E-state index in [1.807, 2.05) is 0 Å². The molecule has 0 unspecified atom stereocenters. The maximum atomic E-state index is 13.7. The zero-order valence-corrected chi connectivity index (χ0v) is 24.7. The Morgan fingerprint density at radius 3 is 1.78 bits per heavy atom. The molecule has 0 aromatic heterocycles. The molecule has 0 heterocycles. The van der Waals surface area contributed by atoms with Crippen LogP contribution in [-0.2, 0) is 18.9 Å². The number of carbonyl (C=O) groups excluding carboxylic acids is 2. The van der Waals surface area contributed by atoms with Gasteiger partial charge in [-0.05, 0) is 68.3 Å². The zero-order chi connectivity index (χ0) is 27.5. The van der Waals surface area contributed by atoms with Crippen LogP contribution in [0.1, 0.15) is 18.1 Å². The van der Waals surface area contributed by atoms with E-state index in [9.17, 15) is 37.1 Å². The molecule has 2 aromatic carbocycles. The van der Waals surface area contributed by atoms with Gasteiger partial charge in [-0.1, -0.05) is 55.4 Å². The van der Waals surface area contributed by atoms with Crippen LogP contribution < -0.4 is 0 Å². The fraction of sp³-hybridized carbons (Fsp3) is 0.333. The molecule has 198 valence electrons. The van der Waals surface area contributed by atoms with Crippen molar-refractivity contribution < 1.29 is 41.8 Å². The fourth-order valence-corrected chi connectivity index (χ4v) is 8.03. The lowest BCUT2D eigenvalue weighted by Gasteiger charge is -2.42. The maximum absolute atomic E-state index is 13.7. The Balaban J connectivity index is 2.85. The minimum Gasteiger partial charge on any atom is -0.465 e. The smallest absolute Gasteiger partial charge is 0.465 e. The number of esters is 1. The first-order valence-corrected chi connectivity index (χ1v) is 14.9. The number of alkyl halides is 3. The van der Waals surface area contributed by atoms with Crippen LogP contribution in [0.5, 0.6) is 0 Å². The number of ether oxygens (including phenoxy) is 1. The topological polar surface area (TPSA) is 104 Å². The Bertz CT molecular complexity index is 1140. The van der Waals surface area contributed by atoms with Crippen molar-refractivity contribution >= 4 is 74.9 Å². The van der Waals surface area contributed by atoms with Gasteiger partial charge >= 0.3 is 25.6 Å². The van der Waals surface area contributed by atoms with Crippen LogP contribution in [0.25, 0.3) is 0 Å². The molecular formula is C21H21Br2F3NO6PS2. The third kappa shape index (κ3) is 7.52. The van der Waals surface area contributed by atoms with Crippen molar-refractivity contribution in [2.45, 2.75) is 40.7 Å². The molecule has 0 saturated carbocycles. The van der Waals surface area contributed by atoms with E-state index in [0.717, 1.165) is 0 Å². The zero-order valence-electron chi connectivity index (χ0n) is 19.0. The van der Waals surface area contributed by atoms with Gasteiger partial charge in [0, 0.05) is 18.7 Å². The summed E-state index contributed by atoms with van der Waals surface area (Å²) in [4.78, 5) is 46.2. The van der Waals surface area contributed by atoms with Gasteiger partial charge in [0.2, 0.25) is 3.94 Å². The van der Waals surface area contributed by atoms with Crippen LogP contribution in [0, 0.1) is 13.8 Å². The molecule has 0 bridgehead atoms. The van der Waals surface area contributed by atoms with Crippen LogP contribution in [0.4, 0.5) is 13.2 Å². The number of benzene rings is 2. The lowest BCUT2D eigenvalue weighted by Crippen LogP contribution is -2.54. The molecule has 0 aliphatic carbocycles. The predicted molar refractivity (Wildman–Crippen MR) is 139 cm³/mol. The van der Waals surface area contributed by atoms with Gasteiger partial charge in [-0.25, -0.2) is 0 Å². The third-order valence-electron chi connectivity index (χ3n) is 4.55. The van der Waals surface area contributed by atoms with E-state index in [2.05, 4.69) is 31.9 Å². The summed E-state index contributed by atoms with van der Waals surface area (Å²) in [5, 5.41) is 0. The average molecular weight is 695 g/mol. The Morgan fingerprint density at radius 2 is 1.44 bits per heavy atom. The van der Waals surface area contributed by atoms with Crippen LogP contribution in [0.2, 0.25) is 0 Å². The van der Waals surface area contributed by atoms with Gasteiger partial charge in [0.05, 0.1) is 6.61 Å². The summed E-state index contributed by atoms with van der Waals surface area (Å²) in [6, 6.07) is 8.95. The van der Waals surface area contributed by atoms with Crippen LogP contribution in [-0.4, -0.2) is 49.8 Å². The number of amides is 1. The van der Waals surface area contributed by atoms with E-state index in [4.69, 9.17) is 4.74 Å². The van der Waals surface area contributed by atoms with Gasteiger partial charge in [-0.3, -0.25) is 19.1 Å². The third-order valence-corrected chi connectivity index (χ3v) is 11.7. The summed E-state index contributed by atoms with van der Waals surface area (Å²) in [5.74, 6) is -3.85. The number of rotatable bonds is 9. The first-order valence-electron chi connectivity index (χ1n) is 10.0. The molecule has 0 spiro atoms. The molecule has 15 heteroatoms. The van der Waals surface area contributed by atoms with E-state index in [-0.39, 0.29) is 21.3 Å². The summed E-state index contributed by atoms with van der Waals surface area (Å²) in [5.41, 5.74) is 1.26. The average Bonchev–Trinajstić information content (AvgIpc) is 2.75. The summed E-state index contributed by atoms with van der Waals surface area (Å²) in [6.07, 6.45) is -5.54. The minimum atomic E-state index is -5.65. The first kappa shape index (κ1) is 31.2. The summed E-state index contributed by atoms with van der Waals surface area (Å²) in [7, 11) is -5.65. The second kappa shape index (κ2) is 12.2. The molecule has 2 aromatic rings. The summed E-state index contributed by atoms with van der Waals surface area (Å²) in [6.45, 7) is 3.20. The van der Waals surface area contributed by atoms with Crippen LogP contribution >= 0.6 is 63.0 Å². The Morgan fingerprint density at radius 1 is 1.00 bits per heavy atom. The van der Waals surface area contributed by atoms with Crippen LogP contribution in [0.15, 0.2) is 55.1 Å². The molecule has 2 N–H and O–H groups in total. The molecule has 0 radical (unpaired) electrons. The van der Waals surface area contributed by atoms with Crippen molar-refractivity contribution in [2.75, 3.05) is 13.2 Å². The summed E-state index contributed by atoms with van der Waals surface area (Å²) >= 11 is 7.29. The van der Waals surface area contributed by atoms with Crippen molar-refractivity contribution in [1.29, 1.82) is 0 Å². The van der Waals surface area contributed by atoms with E-state index < -0.39 is 36.1 Å². The highest BCUT2D eigenvalue weighted by Gasteiger charge is 2.61. The van der Waals surface area contributed by atoms with Gasteiger partial charge in [-0.2, -0.15) is 13.2 Å². The minimum absolute atomic E-state index is 0.143. The van der Waals surface area contributed by atoms with Crippen molar-refractivity contribution in [2.24, 2.45) is 0 Å². The molecule has 2 rings (SSSR count). The van der Waals surface area contributed by atoms with Gasteiger partial charge in [-0.15, -0.1) is 0 Å². The molecule has 0 aliphatic rings. The van der Waals surface area contributed by atoms with Crippen molar-refractivity contribution in [1.82, 2.24) is 4.90 Å². The second-order valence-corrected chi connectivity index (χ2v) is 14.2. The number of halogens is 5. The normalized spacial score (nSPS) is 12.4. The molecule has 0 saturated heterocycles. The van der Waals surface area contributed by atoms with Gasteiger partial charge in [0.25, 0.3) is 0 Å². The second-order valence-electron chi connectivity index (χ2n) is 7.31. The molecule has 36 heavy (non-hydrogen) atoms. The maximum Gasteiger partial charge on any atom is 0.471 e. The molecular weight excluding hydrogens is 674 g/mol. The monoisotopic (exact) mass is 693 g/mol. The van der Waals surface area contributed by atoms with E-state index >= 15 is 0 Å². The Labute approximate surface area is 230 Å². The quantitative estimate of drug-likeness (QED) is 0.134. The molecule has 0 fully saturated rings. The molecule has 7 nitrogen and oxygen atoms in total. The number of hydrogen-bond acceptors (Lipinski definition) is 6. The standard InChI is InChI=1S/C21H21Br2F3NO6PS2/c1-4-33-18(28)11-27(19(29)20(24,25)26)21(34(30,31)32,35-14-5-7-16(22)12(2)9-14)36-15-6-8-17(23)13(3)10-15/h5-10H,4,11H2,1-3H3,(H2,30,31,32). The number of nitrogens with zero attached hydrogens (tertiary/aromatic N) is 1. The van der Waals surface area contributed by atoms with E-state index in [1.54, 1.807) is 26.0 Å². The lowest BCUT2D eigenvalue weighted by molar-refractivity contribution is -0.187. The lowest BCUT2D eigenvalue weighted by atomic mass is 10.2. The van der Waals surface area contributed by atoms with Gasteiger partial charge < -0.3 is 14.5 Å². The Hall–Kier alpha value is -1.02.